The maximum absolute atomic E-state index is 11.9. The molecule has 8 nitrogen and oxygen atoms in total. The summed E-state index contributed by atoms with van der Waals surface area (Å²) in [6, 6.07) is 8.79. The lowest BCUT2D eigenvalue weighted by molar-refractivity contribution is -0.137. The molecule has 0 radical (unpaired) electrons. The molecule has 28 heavy (non-hydrogen) atoms. The van der Waals surface area contributed by atoms with Crippen LogP contribution in [0.25, 0.3) is 0 Å². The molecule has 2 amide bonds. The Morgan fingerprint density at radius 2 is 1.82 bits per heavy atom. The topological polar surface area (TPSA) is 120 Å². The fourth-order valence-corrected chi connectivity index (χ4v) is 2.93. The summed E-state index contributed by atoms with van der Waals surface area (Å²) < 4.78 is 9.64. The highest BCUT2D eigenvalue weighted by Gasteiger charge is 2.12. The van der Waals surface area contributed by atoms with Gasteiger partial charge in [-0.25, -0.2) is 4.79 Å². The van der Waals surface area contributed by atoms with Gasteiger partial charge < -0.3 is 25.8 Å². The summed E-state index contributed by atoms with van der Waals surface area (Å²) in [5, 5.41) is 5.41. The van der Waals surface area contributed by atoms with Crippen molar-refractivity contribution in [3.8, 4) is 0 Å². The SMILES string of the molecule is COC(=O)CSCCCNC(=O)[C@@H](N)CCCNC(=O)OCc1ccccc1. The van der Waals surface area contributed by atoms with Crippen LogP contribution in [0, 0.1) is 0 Å². The lowest BCUT2D eigenvalue weighted by Gasteiger charge is -2.12. The second kappa shape index (κ2) is 14.8. The lowest BCUT2D eigenvalue weighted by atomic mass is 10.1. The number of hydrogen-bond acceptors (Lipinski definition) is 7. The molecule has 4 N–H and O–H groups in total. The maximum atomic E-state index is 11.9. The van der Waals surface area contributed by atoms with Crippen LogP contribution < -0.4 is 16.4 Å². The van der Waals surface area contributed by atoms with Crippen LogP contribution in [-0.2, 0) is 25.7 Å². The quantitative estimate of drug-likeness (QED) is 0.332. The minimum Gasteiger partial charge on any atom is -0.468 e. The van der Waals surface area contributed by atoms with E-state index in [9.17, 15) is 14.4 Å². The van der Waals surface area contributed by atoms with Gasteiger partial charge in [-0.3, -0.25) is 9.59 Å². The van der Waals surface area contributed by atoms with Gasteiger partial charge in [-0.1, -0.05) is 30.3 Å². The molecule has 9 heteroatoms. The van der Waals surface area contributed by atoms with Gasteiger partial charge in [0.15, 0.2) is 0 Å². The third-order valence-electron chi connectivity index (χ3n) is 3.72. The van der Waals surface area contributed by atoms with Crippen molar-refractivity contribution in [1.29, 1.82) is 0 Å². The zero-order valence-corrected chi connectivity index (χ0v) is 17.0. The molecule has 0 aliphatic heterocycles. The number of esters is 1. The zero-order chi connectivity index (χ0) is 20.6. The molecular formula is C19H29N3O5S. The van der Waals surface area contributed by atoms with Crippen molar-refractivity contribution in [3.05, 3.63) is 35.9 Å². The van der Waals surface area contributed by atoms with Crippen LogP contribution in [0.2, 0.25) is 0 Å². The summed E-state index contributed by atoms with van der Waals surface area (Å²) in [5.74, 6) is 0.586. The highest BCUT2D eigenvalue weighted by Crippen LogP contribution is 2.03. The minimum absolute atomic E-state index is 0.215. The van der Waals surface area contributed by atoms with E-state index >= 15 is 0 Å². The molecule has 1 aromatic rings. The van der Waals surface area contributed by atoms with Crippen LogP contribution in [-0.4, -0.2) is 55.7 Å². The molecule has 156 valence electrons. The Morgan fingerprint density at radius 1 is 1.11 bits per heavy atom. The molecule has 0 aromatic heterocycles. The smallest absolute Gasteiger partial charge is 0.407 e. The third-order valence-corrected chi connectivity index (χ3v) is 4.74. The minimum atomic E-state index is -0.620. The monoisotopic (exact) mass is 411 g/mol. The Balaban J connectivity index is 2.01. The van der Waals surface area contributed by atoms with Crippen LogP contribution >= 0.6 is 11.8 Å². The first kappa shape index (κ1) is 23.8. The van der Waals surface area contributed by atoms with Crippen LogP contribution in [0.5, 0.6) is 0 Å². The lowest BCUT2D eigenvalue weighted by Crippen LogP contribution is -2.41. The molecule has 0 aliphatic rings. The number of rotatable bonds is 13. The fourth-order valence-electron chi connectivity index (χ4n) is 2.15. The Morgan fingerprint density at radius 3 is 2.54 bits per heavy atom. The summed E-state index contributed by atoms with van der Waals surface area (Å²) >= 11 is 1.46. The van der Waals surface area contributed by atoms with Crippen molar-refractivity contribution in [2.24, 2.45) is 5.73 Å². The van der Waals surface area contributed by atoms with Gasteiger partial charge in [0.25, 0.3) is 0 Å². The second-order valence-corrected chi connectivity index (χ2v) is 7.12. The summed E-state index contributed by atoms with van der Waals surface area (Å²) in [7, 11) is 1.35. The number of ether oxygens (including phenoxy) is 2. The number of benzene rings is 1. The number of methoxy groups -OCH3 is 1. The van der Waals surface area contributed by atoms with Gasteiger partial charge in [-0.05, 0) is 30.6 Å². The molecule has 0 saturated carbocycles. The predicted octanol–water partition coefficient (Wildman–Crippen LogP) is 1.43. The number of carbonyl (C=O) groups is 3. The molecular weight excluding hydrogens is 382 g/mol. The molecule has 0 saturated heterocycles. The highest BCUT2D eigenvalue weighted by molar-refractivity contribution is 7.99. The van der Waals surface area contributed by atoms with Gasteiger partial charge >= 0.3 is 12.1 Å². The molecule has 1 atom stereocenters. The fraction of sp³-hybridized carbons (Fsp3) is 0.526. The number of alkyl carbamates (subject to hydrolysis) is 1. The summed E-state index contributed by atoms with van der Waals surface area (Å²) in [6.07, 6.45) is 1.28. The average molecular weight is 412 g/mol. The second-order valence-electron chi connectivity index (χ2n) is 6.01. The molecule has 0 fully saturated rings. The average Bonchev–Trinajstić information content (AvgIpc) is 2.72. The summed E-state index contributed by atoms with van der Waals surface area (Å²) in [5.41, 5.74) is 6.76. The van der Waals surface area contributed by atoms with Crippen molar-refractivity contribution in [3.63, 3.8) is 0 Å². The highest BCUT2D eigenvalue weighted by atomic mass is 32.2. The Kier molecular flexibility index (Phi) is 12.5. The predicted molar refractivity (Wildman–Crippen MR) is 109 cm³/mol. The number of nitrogens with one attached hydrogen (secondary N) is 2. The van der Waals surface area contributed by atoms with E-state index in [1.54, 1.807) is 0 Å². The van der Waals surface area contributed by atoms with E-state index in [2.05, 4.69) is 15.4 Å². The maximum Gasteiger partial charge on any atom is 0.407 e. The van der Waals surface area contributed by atoms with E-state index in [4.69, 9.17) is 10.5 Å². The van der Waals surface area contributed by atoms with Crippen LogP contribution in [0.4, 0.5) is 4.79 Å². The zero-order valence-electron chi connectivity index (χ0n) is 16.1. The summed E-state index contributed by atoms with van der Waals surface area (Å²) in [6.45, 7) is 1.11. The van der Waals surface area contributed by atoms with Gasteiger partial charge in [0.05, 0.1) is 18.9 Å². The molecule has 0 unspecified atom stereocenters. The largest absolute Gasteiger partial charge is 0.468 e. The normalized spacial score (nSPS) is 11.4. The molecule has 0 spiro atoms. The van der Waals surface area contributed by atoms with Crippen molar-refractivity contribution in [2.45, 2.75) is 31.9 Å². The van der Waals surface area contributed by atoms with E-state index in [0.717, 1.165) is 17.7 Å². The number of thioether (sulfide) groups is 1. The Labute approximate surface area is 169 Å². The van der Waals surface area contributed by atoms with E-state index in [1.807, 2.05) is 30.3 Å². The number of nitrogens with two attached hydrogens (primary N) is 1. The van der Waals surface area contributed by atoms with E-state index < -0.39 is 12.1 Å². The van der Waals surface area contributed by atoms with Gasteiger partial charge in [-0.2, -0.15) is 11.8 Å². The third kappa shape index (κ3) is 11.5. The van der Waals surface area contributed by atoms with Crippen molar-refractivity contribution >= 4 is 29.7 Å². The first-order chi connectivity index (χ1) is 13.5. The Hall–Kier alpha value is -2.26. The van der Waals surface area contributed by atoms with Crippen LogP contribution in [0.1, 0.15) is 24.8 Å². The standard InChI is InChI=1S/C19H29N3O5S/c1-26-17(23)14-28-12-6-11-21-18(24)16(20)9-5-10-22-19(25)27-13-15-7-3-2-4-8-15/h2-4,7-8,16H,5-6,9-14,20H2,1H3,(H,21,24)(H,22,25)/t16-/m0/s1. The van der Waals surface area contributed by atoms with Crippen molar-refractivity contribution < 1.29 is 23.9 Å². The van der Waals surface area contributed by atoms with Crippen LogP contribution in [0.3, 0.4) is 0 Å². The van der Waals surface area contributed by atoms with Gasteiger partial charge in [0.2, 0.25) is 5.91 Å². The number of amides is 2. The molecule has 0 bridgehead atoms. The number of carbonyl (C=O) groups excluding carboxylic acids is 3. The van der Waals surface area contributed by atoms with E-state index in [1.165, 1.54) is 18.9 Å². The first-order valence-corrected chi connectivity index (χ1v) is 10.3. The van der Waals surface area contributed by atoms with Crippen molar-refractivity contribution in [2.75, 3.05) is 31.7 Å². The van der Waals surface area contributed by atoms with Crippen LogP contribution in [0.15, 0.2) is 30.3 Å². The van der Waals surface area contributed by atoms with Gasteiger partial charge in [-0.15, -0.1) is 0 Å². The summed E-state index contributed by atoms with van der Waals surface area (Å²) in [4.78, 5) is 34.4. The van der Waals surface area contributed by atoms with E-state index in [0.29, 0.717) is 31.7 Å². The molecule has 1 rings (SSSR count). The van der Waals surface area contributed by atoms with Crippen molar-refractivity contribution in [1.82, 2.24) is 10.6 Å². The van der Waals surface area contributed by atoms with Gasteiger partial charge in [0, 0.05) is 13.1 Å². The van der Waals surface area contributed by atoms with Gasteiger partial charge in [0.1, 0.15) is 6.61 Å². The van der Waals surface area contributed by atoms with E-state index in [-0.39, 0.29) is 18.5 Å². The Bertz CT molecular complexity index is 600. The number of hydrogen-bond donors (Lipinski definition) is 3. The molecule has 0 heterocycles. The molecule has 1 aromatic carbocycles. The molecule has 0 aliphatic carbocycles. The first-order valence-electron chi connectivity index (χ1n) is 9.15.